The molecule has 104 valence electrons. The SMILES string of the molecule is CSc1ccccc1NC(=O)NCc1ccccc1F. The Balaban J connectivity index is 1.95. The lowest BCUT2D eigenvalue weighted by atomic mass is 10.2. The molecule has 0 aliphatic rings. The zero-order valence-corrected chi connectivity index (χ0v) is 11.8. The minimum atomic E-state index is -0.352. The number of rotatable bonds is 4. The highest BCUT2D eigenvalue weighted by Crippen LogP contribution is 2.24. The van der Waals surface area contributed by atoms with E-state index in [4.69, 9.17) is 0 Å². The average molecular weight is 290 g/mol. The van der Waals surface area contributed by atoms with Crippen LogP contribution in [0.5, 0.6) is 0 Å². The minimum absolute atomic E-state index is 0.153. The van der Waals surface area contributed by atoms with Gasteiger partial charge < -0.3 is 10.6 Å². The largest absolute Gasteiger partial charge is 0.334 e. The Hall–Kier alpha value is -2.01. The van der Waals surface area contributed by atoms with E-state index in [1.54, 1.807) is 30.0 Å². The molecule has 0 fully saturated rings. The van der Waals surface area contributed by atoms with Gasteiger partial charge in [-0.1, -0.05) is 30.3 Å². The van der Waals surface area contributed by atoms with E-state index in [-0.39, 0.29) is 18.4 Å². The summed E-state index contributed by atoms with van der Waals surface area (Å²) in [4.78, 5) is 12.8. The number of nitrogens with one attached hydrogen (secondary N) is 2. The van der Waals surface area contributed by atoms with Crippen LogP contribution in [0.1, 0.15) is 5.56 Å². The number of hydrogen-bond donors (Lipinski definition) is 2. The summed E-state index contributed by atoms with van der Waals surface area (Å²) in [6.07, 6.45) is 1.94. The van der Waals surface area contributed by atoms with Gasteiger partial charge in [-0.2, -0.15) is 0 Å². The molecule has 0 atom stereocenters. The summed E-state index contributed by atoms with van der Waals surface area (Å²) < 4.78 is 13.4. The molecule has 0 aliphatic carbocycles. The molecule has 0 heterocycles. The quantitative estimate of drug-likeness (QED) is 0.839. The smallest absolute Gasteiger partial charge is 0.319 e. The van der Waals surface area contributed by atoms with Crippen LogP contribution in [0.15, 0.2) is 53.4 Å². The van der Waals surface area contributed by atoms with Gasteiger partial charge in [-0.15, -0.1) is 11.8 Å². The molecule has 0 bridgehead atoms. The van der Waals surface area contributed by atoms with Gasteiger partial charge in [-0.25, -0.2) is 9.18 Å². The summed E-state index contributed by atoms with van der Waals surface area (Å²) in [5.74, 6) is -0.322. The van der Waals surface area contributed by atoms with Crippen molar-refractivity contribution in [1.29, 1.82) is 0 Å². The highest BCUT2D eigenvalue weighted by Gasteiger charge is 2.06. The number of para-hydroxylation sites is 1. The molecule has 0 saturated carbocycles. The van der Waals surface area contributed by atoms with E-state index in [0.29, 0.717) is 5.56 Å². The van der Waals surface area contributed by atoms with Crippen LogP contribution in [0.2, 0.25) is 0 Å². The van der Waals surface area contributed by atoms with E-state index in [2.05, 4.69) is 10.6 Å². The Labute approximate surface area is 121 Å². The molecular weight excluding hydrogens is 275 g/mol. The highest BCUT2D eigenvalue weighted by atomic mass is 32.2. The van der Waals surface area contributed by atoms with Gasteiger partial charge in [-0.3, -0.25) is 0 Å². The predicted molar refractivity (Wildman–Crippen MR) is 80.5 cm³/mol. The Morgan fingerprint density at radius 2 is 1.85 bits per heavy atom. The van der Waals surface area contributed by atoms with E-state index < -0.39 is 0 Å². The molecule has 2 aromatic rings. The number of anilines is 1. The van der Waals surface area contributed by atoms with Crippen molar-refractivity contribution in [3.63, 3.8) is 0 Å². The Morgan fingerprint density at radius 1 is 1.15 bits per heavy atom. The molecule has 20 heavy (non-hydrogen) atoms. The molecule has 0 aromatic heterocycles. The summed E-state index contributed by atoms with van der Waals surface area (Å²) in [5, 5.41) is 5.40. The van der Waals surface area contributed by atoms with Gasteiger partial charge in [0.2, 0.25) is 0 Å². The van der Waals surface area contributed by atoms with Gasteiger partial charge in [0.25, 0.3) is 0 Å². The van der Waals surface area contributed by atoms with Crippen LogP contribution in [0.25, 0.3) is 0 Å². The third kappa shape index (κ3) is 3.74. The van der Waals surface area contributed by atoms with Crippen molar-refractivity contribution in [3.8, 4) is 0 Å². The van der Waals surface area contributed by atoms with Crippen LogP contribution in [-0.4, -0.2) is 12.3 Å². The molecular formula is C15H15FN2OS. The Kier molecular flexibility index (Phi) is 5.01. The predicted octanol–water partition coefficient (Wildman–Crippen LogP) is 3.87. The molecule has 2 amide bonds. The van der Waals surface area contributed by atoms with Crippen molar-refractivity contribution in [3.05, 3.63) is 59.9 Å². The van der Waals surface area contributed by atoms with Crippen LogP contribution in [0.4, 0.5) is 14.9 Å². The number of benzene rings is 2. The van der Waals surface area contributed by atoms with Gasteiger partial charge in [0.15, 0.2) is 0 Å². The van der Waals surface area contributed by atoms with Crippen molar-refractivity contribution < 1.29 is 9.18 Å². The fourth-order valence-corrected chi connectivity index (χ4v) is 2.29. The zero-order valence-electron chi connectivity index (χ0n) is 11.0. The first-order valence-electron chi connectivity index (χ1n) is 6.12. The van der Waals surface area contributed by atoms with Crippen LogP contribution in [-0.2, 0) is 6.54 Å². The van der Waals surface area contributed by atoms with Crippen LogP contribution in [0.3, 0.4) is 0 Å². The van der Waals surface area contributed by atoms with Gasteiger partial charge >= 0.3 is 6.03 Å². The first-order chi connectivity index (χ1) is 9.70. The van der Waals surface area contributed by atoms with Gasteiger partial charge in [0.1, 0.15) is 5.82 Å². The first-order valence-corrected chi connectivity index (χ1v) is 7.34. The molecule has 0 spiro atoms. The number of carbonyl (C=O) groups excluding carboxylic acids is 1. The fourth-order valence-electron chi connectivity index (χ4n) is 1.73. The van der Waals surface area contributed by atoms with E-state index in [1.807, 2.05) is 30.5 Å². The van der Waals surface area contributed by atoms with Crippen molar-refractivity contribution in [2.24, 2.45) is 0 Å². The third-order valence-electron chi connectivity index (χ3n) is 2.75. The Morgan fingerprint density at radius 3 is 2.60 bits per heavy atom. The lowest BCUT2D eigenvalue weighted by Crippen LogP contribution is -2.28. The number of halogens is 1. The molecule has 5 heteroatoms. The van der Waals surface area contributed by atoms with E-state index in [9.17, 15) is 9.18 Å². The number of hydrogen-bond acceptors (Lipinski definition) is 2. The van der Waals surface area contributed by atoms with Crippen molar-refractivity contribution in [2.45, 2.75) is 11.4 Å². The van der Waals surface area contributed by atoms with Gasteiger partial charge in [0.05, 0.1) is 5.69 Å². The van der Waals surface area contributed by atoms with Crippen molar-refractivity contribution >= 4 is 23.5 Å². The summed E-state index contributed by atoms with van der Waals surface area (Å²) >= 11 is 1.55. The van der Waals surface area contributed by atoms with Crippen LogP contribution >= 0.6 is 11.8 Å². The standard InChI is InChI=1S/C15H15FN2OS/c1-20-14-9-5-4-8-13(14)18-15(19)17-10-11-6-2-3-7-12(11)16/h2-9H,10H2,1H3,(H2,17,18,19). The molecule has 2 aromatic carbocycles. The number of thioether (sulfide) groups is 1. The number of urea groups is 1. The second-order valence-corrected chi connectivity index (χ2v) is 4.95. The van der Waals surface area contributed by atoms with Crippen molar-refractivity contribution in [1.82, 2.24) is 5.32 Å². The average Bonchev–Trinajstić information content (AvgIpc) is 2.47. The summed E-state index contributed by atoms with van der Waals surface area (Å²) in [6, 6.07) is 13.5. The molecule has 2 rings (SSSR count). The monoisotopic (exact) mass is 290 g/mol. The maximum absolute atomic E-state index is 13.4. The fraction of sp³-hybridized carbons (Fsp3) is 0.133. The first kappa shape index (κ1) is 14.4. The van der Waals surface area contributed by atoms with Gasteiger partial charge in [-0.05, 0) is 24.5 Å². The second kappa shape index (κ2) is 6.96. The molecule has 3 nitrogen and oxygen atoms in total. The lowest BCUT2D eigenvalue weighted by molar-refractivity contribution is 0.251. The maximum atomic E-state index is 13.4. The van der Waals surface area contributed by atoms with Crippen LogP contribution in [0, 0.1) is 5.82 Å². The summed E-state index contributed by atoms with van der Waals surface area (Å²) in [7, 11) is 0. The normalized spacial score (nSPS) is 10.1. The second-order valence-electron chi connectivity index (χ2n) is 4.10. The van der Waals surface area contributed by atoms with Crippen LogP contribution < -0.4 is 10.6 Å². The third-order valence-corrected chi connectivity index (χ3v) is 3.55. The number of carbonyl (C=O) groups is 1. The lowest BCUT2D eigenvalue weighted by Gasteiger charge is -2.10. The molecule has 0 unspecified atom stereocenters. The Bertz CT molecular complexity index is 604. The minimum Gasteiger partial charge on any atom is -0.334 e. The molecule has 2 N–H and O–H groups in total. The molecule has 0 aliphatic heterocycles. The van der Waals surface area contributed by atoms with E-state index in [1.165, 1.54) is 6.07 Å². The zero-order chi connectivity index (χ0) is 14.4. The maximum Gasteiger partial charge on any atom is 0.319 e. The molecule has 0 saturated heterocycles. The topological polar surface area (TPSA) is 41.1 Å². The summed E-state index contributed by atoms with van der Waals surface area (Å²) in [6.45, 7) is 0.153. The molecule has 0 radical (unpaired) electrons. The number of amides is 2. The highest BCUT2D eigenvalue weighted by molar-refractivity contribution is 7.98. The van der Waals surface area contributed by atoms with Gasteiger partial charge in [0, 0.05) is 17.0 Å². The van der Waals surface area contributed by atoms with Crippen molar-refractivity contribution in [2.75, 3.05) is 11.6 Å². The summed E-state index contributed by atoms with van der Waals surface area (Å²) in [5.41, 5.74) is 1.20. The van der Waals surface area contributed by atoms with E-state index >= 15 is 0 Å². The van der Waals surface area contributed by atoms with E-state index in [0.717, 1.165) is 10.6 Å².